The third-order valence-corrected chi connectivity index (χ3v) is 3.28. The number of carboxylic acids is 1. The van der Waals surface area contributed by atoms with Gasteiger partial charge in [-0.05, 0) is 26.7 Å². The summed E-state index contributed by atoms with van der Waals surface area (Å²) in [5.41, 5.74) is -1.25. The molecule has 19 heavy (non-hydrogen) atoms. The number of hydrogen-bond donors (Lipinski definition) is 2. The number of amides is 2. The van der Waals surface area contributed by atoms with E-state index in [0.29, 0.717) is 13.2 Å². The lowest BCUT2D eigenvalue weighted by atomic mass is 10.0. The molecule has 6 heteroatoms. The maximum atomic E-state index is 12.1. The van der Waals surface area contributed by atoms with E-state index in [2.05, 4.69) is 5.32 Å². The molecule has 0 spiro atoms. The molecule has 0 aromatic rings. The van der Waals surface area contributed by atoms with Crippen molar-refractivity contribution in [2.45, 2.75) is 46.2 Å². The first-order chi connectivity index (χ1) is 8.64. The molecule has 0 aliphatic carbocycles. The second-order valence-corrected chi connectivity index (χ2v) is 5.38. The Morgan fingerprint density at radius 3 is 2.26 bits per heavy atom. The van der Waals surface area contributed by atoms with Crippen LogP contribution in [0.3, 0.4) is 0 Å². The van der Waals surface area contributed by atoms with Crippen molar-refractivity contribution < 1.29 is 19.4 Å². The number of aliphatic carboxylic acids is 1. The Labute approximate surface area is 115 Å². The van der Waals surface area contributed by atoms with Crippen LogP contribution in [0.2, 0.25) is 0 Å². The summed E-state index contributed by atoms with van der Waals surface area (Å²) in [7, 11) is 1.47. The average Bonchev–Trinajstić information content (AvgIpc) is 2.32. The van der Waals surface area contributed by atoms with Gasteiger partial charge in [-0.25, -0.2) is 9.59 Å². The van der Waals surface area contributed by atoms with Gasteiger partial charge in [-0.2, -0.15) is 0 Å². The molecule has 0 saturated carbocycles. The topological polar surface area (TPSA) is 78.9 Å². The molecule has 1 unspecified atom stereocenters. The number of hydrogen-bond acceptors (Lipinski definition) is 3. The minimum absolute atomic E-state index is 0.139. The van der Waals surface area contributed by atoms with Gasteiger partial charge in [0.15, 0.2) is 0 Å². The number of nitrogens with zero attached hydrogens (tertiary/aromatic N) is 1. The van der Waals surface area contributed by atoms with E-state index >= 15 is 0 Å². The van der Waals surface area contributed by atoms with Gasteiger partial charge in [0.1, 0.15) is 5.54 Å². The summed E-state index contributed by atoms with van der Waals surface area (Å²) < 4.78 is 5.32. The zero-order valence-corrected chi connectivity index (χ0v) is 12.7. The Balaban J connectivity index is 4.68. The Morgan fingerprint density at radius 2 is 1.89 bits per heavy atom. The van der Waals surface area contributed by atoms with E-state index in [9.17, 15) is 9.59 Å². The van der Waals surface area contributed by atoms with Crippen LogP contribution < -0.4 is 5.32 Å². The van der Waals surface area contributed by atoms with Crippen molar-refractivity contribution in [1.82, 2.24) is 10.2 Å². The van der Waals surface area contributed by atoms with Gasteiger partial charge >= 0.3 is 12.0 Å². The van der Waals surface area contributed by atoms with Gasteiger partial charge in [0.05, 0.1) is 12.6 Å². The number of rotatable bonds is 7. The molecule has 6 nitrogen and oxygen atoms in total. The minimum atomic E-state index is -1.25. The van der Waals surface area contributed by atoms with E-state index in [-0.39, 0.29) is 12.0 Å². The monoisotopic (exact) mass is 274 g/mol. The van der Waals surface area contributed by atoms with Gasteiger partial charge < -0.3 is 20.1 Å². The smallest absolute Gasteiger partial charge is 0.329 e. The molecule has 2 N–H and O–H groups in total. The highest BCUT2D eigenvalue weighted by molar-refractivity contribution is 5.85. The first kappa shape index (κ1) is 17.7. The summed E-state index contributed by atoms with van der Waals surface area (Å²) in [6.07, 6.45) is 0. The first-order valence-electron chi connectivity index (χ1n) is 6.50. The SMILES string of the molecule is CCOCC(NC(=O)N(C)C(C)(C)C(=O)O)C(C)C. The lowest BCUT2D eigenvalue weighted by Gasteiger charge is -2.33. The summed E-state index contributed by atoms with van der Waals surface area (Å²) in [6.45, 7) is 9.82. The van der Waals surface area contributed by atoms with Crippen molar-refractivity contribution in [3.63, 3.8) is 0 Å². The summed E-state index contributed by atoms with van der Waals surface area (Å²) in [5.74, 6) is -0.840. The fourth-order valence-corrected chi connectivity index (χ4v) is 1.30. The van der Waals surface area contributed by atoms with E-state index in [1.165, 1.54) is 25.8 Å². The molecule has 0 aromatic heterocycles. The average molecular weight is 274 g/mol. The number of likely N-dealkylation sites (N-methyl/N-ethyl adjacent to an activating group) is 1. The highest BCUT2D eigenvalue weighted by Crippen LogP contribution is 2.13. The predicted molar refractivity (Wildman–Crippen MR) is 73.1 cm³/mol. The van der Waals surface area contributed by atoms with Gasteiger partial charge in [0, 0.05) is 13.7 Å². The molecule has 0 saturated heterocycles. The Morgan fingerprint density at radius 1 is 1.37 bits per heavy atom. The molecule has 1 atom stereocenters. The predicted octanol–water partition coefficient (Wildman–Crippen LogP) is 1.55. The van der Waals surface area contributed by atoms with Crippen molar-refractivity contribution in [3.05, 3.63) is 0 Å². The fourth-order valence-electron chi connectivity index (χ4n) is 1.30. The summed E-state index contributed by atoms with van der Waals surface area (Å²) in [4.78, 5) is 24.4. The Kier molecular flexibility index (Phi) is 6.83. The van der Waals surface area contributed by atoms with Crippen molar-refractivity contribution in [3.8, 4) is 0 Å². The van der Waals surface area contributed by atoms with Gasteiger partial charge in [0.25, 0.3) is 0 Å². The summed E-state index contributed by atoms with van der Waals surface area (Å²) >= 11 is 0. The van der Waals surface area contributed by atoms with Crippen LogP contribution >= 0.6 is 0 Å². The lowest BCUT2D eigenvalue weighted by Crippen LogP contribution is -2.56. The van der Waals surface area contributed by atoms with Crippen LogP contribution in [-0.4, -0.2) is 53.8 Å². The highest BCUT2D eigenvalue weighted by atomic mass is 16.5. The molecule has 112 valence electrons. The molecule has 0 bridgehead atoms. The Hall–Kier alpha value is -1.30. The number of urea groups is 1. The van der Waals surface area contributed by atoms with Crippen LogP contribution in [0.25, 0.3) is 0 Å². The number of carbonyl (C=O) groups is 2. The zero-order valence-electron chi connectivity index (χ0n) is 12.7. The van der Waals surface area contributed by atoms with Crippen LogP contribution in [0.1, 0.15) is 34.6 Å². The van der Waals surface area contributed by atoms with E-state index in [1.54, 1.807) is 0 Å². The van der Waals surface area contributed by atoms with Gasteiger partial charge in [0.2, 0.25) is 0 Å². The van der Waals surface area contributed by atoms with Crippen molar-refractivity contribution in [1.29, 1.82) is 0 Å². The summed E-state index contributed by atoms with van der Waals surface area (Å²) in [5, 5.41) is 11.9. The molecular weight excluding hydrogens is 248 g/mol. The fraction of sp³-hybridized carbons (Fsp3) is 0.846. The van der Waals surface area contributed by atoms with Gasteiger partial charge in [-0.3, -0.25) is 0 Å². The van der Waals surface area contributed by atoms with Crippen LogP contribution in [0.5, 0.6) is 0 Å². The summed E-state index contributed by atoms with van der Waals surface area (Å²) in [6, 6.07) is -0.551. The molecule has 0 fully saturated rings. The number of carboxylic acid groups (broad SMARTS) is 1. The molecule has 2 amide bonds. The first-order valence-corrected chi connectivity index (χ1v) is 6.50. The maximum Gasteiger partial charge on any atom is 0.329 e. The molecule has 0 aromatic carbocycles. The molecule has 0 aliphatic rings. The van der Waals surface area contributed by atoms with Crippen molar-refractivity contribution in [2.24, 2.45) is 5.92 Å². The van der Waals surface area contributed by atoms with Crippen molar-refractivity contribution >= 4 is 12.0 Å². The standard InChI is InChI=1S/C13H26N2O4/c1-7-19-8-10(9(2)3)14-12(18)15(6)13(4,5)11(16)17/h9-10H,7-8H2,1-6H3,(H,14,18)(H,16,17). The number of carbonyl (C=O) groups excluding carboxylic acids is 1. The highest BCUT2D eigenvalue weighted by Gasteiger charge is 2.36. The van der Waals surface area contributed by atoms with E-state index in [4.69, 9.17) is 9.84 Å². The maximum absolute atomic E-state index is 12.1. The van der Waals surface area contributed by atoms with Crippen LogP contribution in [0.4, 0.5) is 4.79 Å². The minimum Gasteiger partial charge on any atom is -0.480 e. The lowest BCUT2D eigenvalue weighted by molar-refractivity contribution is -0.146. The molecule has 0 radical (unpaired) electrons. The van der Waals surface area contributed by atoms with E-state index in [1.807, 2.05) is 20.8 Å². The molecule has 0 rings (SSSR count). The largest absolute Gasteiger partial charge is 0.480 e. The third-order valence-electron chi connectivity index (χ3n) is 3.28. The zero-order chi connectivity index (χ0) is 15.2. The van der Waals surface area contributed by atoms with E-state index in [0.717, 1.165) is 0 Å². The second-order valence-electron chi connectivity index (χ2n) is 5.38. The molecule has 0 aliphatic heterocycles. The second kappa shape index (κ2) is 7.33. The Bertz CT molecular complexity index is 316. The quantitative estimate of drug-likeness (QED) is 0.738. The van der Waals surface area contributed by atoms with Gasteiger partial charge in [-0.1, -0.05) is 13.8 Å². The normalized spacial score (nSPS) is 13.2. The number of ether oxygens (including phenoxy) is 1. The van der Waals surface area contributed by atoms with Crippen LogP contribution in [0, 0.1) is 5.92 Å². The van der Waals surface area contributed by atoms with E-state index < -0.39 is 17.5 Å². The van der Waals surface area contributed by atoms with Crippen LogP contribution in [-0.2, 0) is 9.53 Å². The third kappa shape index (κ3) is 5.06. The number of nitrogens with one attached hydrogen (secondary N) is 1. The molecule has 0 heterocycles. The van der Waals surface area contributed by atoms with Crippen molar-refractivity contribution in [2.75, 3.05) is 20.3 Å². The van der Waals surface area contributed by atoms with Gasteiger partial charge in [-0.15, -0.1) is 0 Å². The molecular formula is C13H26N2O4. The van der Waals surface area contributed by atoms with Crippen LogP contribution in [0.15, 0.2) is 0 Å².